The van der Waals surface area contributed by atoms with Crippen LogP contribution in [0.3, 0.4) is 0 Å². The predicted molar refractivity (Wildman–Crippen MR) is 88.8 cm³/mol. The van der Waals surface area contributed by atoms with Gasteiger partial charge in [0, 0.05) is 17.2 Å². The minimum Gasteiger partial charge on any atom is -0.488 e. The molecular weight excluding hydrogens is 315 g/mol. The summed E-state index contributed by atoms with van der Waals surface area (Å²) in [4.78, 5) is 11.7. The number of rotatable bonds is 5. The second-order valence-electron chi connectivity index (χ2n) is 6.08. The maximum atomic E-state index is 13.8. The molecule has 23 heavy (non-hydrogen) atoms. The summed E-state index contributed by atoms with van der Waals surface area (Å²) in [5.41, 5.74) is 3.86. The Morgan fingerprint density at radius 3 is 2.65 bits per heavy atom. The Balaban J connectivity index is 1.91. The zero-order valence-corrected chi connectivity index (χ0v) is 13.9. The molecule has 2 aromatic carbocycles. The lowest BCUT2D eigenvalue weighted by atomic mass is 9.99. The maximum absolute atomic E-state index is 13.8. The summed E-state index contributed by atoms with van der Waals surface area (Å²) in [7, 11) is 0. The van der Waals surface area contributed by atoms with Crippen LogP contribution < -0.4 is 4.74 Å². The molecule has 0 bridgehead atoms. The third kappa shape index (κ3) is 3.40. The van der Waals surface area contributed by atoms with Crippen LogP contribution >= 0.6 is 11.6 Å². The molecule has 1 saturated carbocycles. The van der Waals surface area contributed by atoms with Crippen LogP contribution in [0.25, 0.3) is 0 Å². The highest BCUT2D eigenvalue weighted by atomic mass is 35.5. The highest BCUT2D eigenvalue weighted by Gasteiger charge is 2.28. The molecule has 4 heteroatoms. The van der Waals surface area contributed by atoms with E-state index >= 15 is 0 Å². The minimum absolute atomic E-state index is 0.212. The zero-order chi connectivity index (χ0) is 16.6. The molecule has 0 amide bonds. The van der Waals surface area contributed by atoms with Gasteiger partial charge in [-0.05, 0) is 73.0 Å². The van der Waals surface area contributed by atoms with E-state index in [0.717, 1.165) is 29.5 Å². The second kappa shape index (κ2) is 6.32. The summed E-state index contributed by atoms with van der Waals surface area (Å²) < 4.78 is 19.6. The molecule has 120 valence electrons. The first-order valence-electron chi connectivity index (χ1n) is 7.68. The quantitative estimate of drug-likeness (QED) is 0.696. The van der Waals surface area contributed by atoms with Crippen molar-refractivity contribution in [2.45, 2.75) is 39.2 Å². The molecule has 2 aromatic rings. The zero-order valence-electron chi connectivity index (χ0n) is 13.2. The van der Waals surface area contributed by atoms with Crippen LogP contribution in [-0.4, -0.2) is 5.24 Å². The number of aryl methyl sites for hydroxylation is 2. The molecule has 1 fully saturated rings. The summed E-state index contributed by atoms with van der Waals surface area (Å²) in [5, 5.41) is -0.488. The lowest BCUT2D eigenvalue weighted by Gasteiger charge is -2.15. The van der Waals surface area contributed by atoms with Crippen molar-refractivity contribution in [1.82, 2.24) is 0 Å². The van der Waals surface area contributed by atoms with Gasteiger partial charge in [0.15, 0.2) is 0 Å². The lowest BCUT2D eigenvalue weighted by Crippen LogP contribution is -2.07. The van der Waals surface area contributed by atoms with Gasteiger partial charge >= 0.3 is 0 Å². The molecule has 3 rings (SSSR count). The molecule has 2 nitrogen and oxygen atoms in total. The van der Waals surface area contributed by atoms with E-state index in [1.165, 1.54) is 6.07 Å². The van der Waals surface area contributed by atoms with E-state index in [2.05, 4.69) is 0 Å². The molecule has 0 aliphatic heterocycles. The average molecular weight is 333 g/mol. The van der Waals surface area contributed by atoms with Crippen molar-refractivity contribution < 1.29 is 13.9 Å². The third-order valence-electron chi connectivity index (χ3n) is 4.27. The van der Waals surface area contributed by atoms with Crippen molar-refractivity contribution in [2.24, 2.45) is 0 Å². The number of benzene rings is 2. The Morgan fingerprint density at radius 2 is 2.00 bits per heavy atom. The van der Waals surface area contributed by atoms with Gasteiger partial charge in [-0.3, -0.25) is 4.79 Å². The molecule has 1 aliphatic rings. The van der Waals surface area contributed by atoms with Crippen molar-refractivity contribution in [2.75, 3.05) is 0 Å². The van der Waals surface area contributed by atoms with Gasteiger partial charge in [-0.15, -0.1) is 0 Å². The lowest BCUT2D eigenvalue weighted by molar-refractivity contribution is 0.107. The number of halogens is 2. The predicted octanol–water partition coefficient (Wildman–Crippen LogP) is 5.28. The second-order valence-corrected chi connectivity index (χ2v) is 6.42. The largest absolute Gasteiger partial charge is 0.488 e. The summed E-state index contributed by atoms with van der Waals surface area (Å²) in [5.74, 6) is 0.668. The fourth-order valence-electron chi connectivity index (χ4n) is 2.84. The van der Waals surface area contributed by atoms with Crippen LogP contribution in [-0.2, 0) is 6.61 Å². The van der Waals surface area contributed by atoms with Gasteiger partial charge in [-0.1, -0.05) is 12.1 Å². The van der Waals surface area contributed by atoms with Crippen LogP contribution in [0.5, 0.6) is 5.75 Å². The minimum atomic E-state index is -0.488. The molecule has 0 N–H and O–H groups in total. The van der Waals surface area contributed by atoms with Crippen molar-refractivity contribution in [1.29, 1.82) is 0 Å². The van der Waals surface area contributed by atoms with Gasteiger partial charge in [0.25, 0.3) is 5.24 Å². The Kier molecular flexibility index (Phi) is 4.40. The monoisotopic (exact) mass is 332 g/mol. The summed E-state index contributed by atoms with van der Waals surface area (Å²) in [6.45, 7) is 3.81. The van der Waals surface area contributed by atoms with Crippen molar-refractivity contribution in [3.05, 3.63) is 64.0 Å². The van der Waals surface area contributed by atoms with E-state index in [1.54, 1.807) is 19.1 Å². The Morgan fingerprint density at radius 1 is 1.26 bits per heavy atom. The highest BCUT2D eigenvalue weighted by Crippen LogP contribution is 2.42. The molecule has 1 aliphatic carbocycles. The highest BCUT2D eigenvalue weighted by molar-refractivity contribution is 6.67. The van der Waals surface area contributed by atoms with Gasteiger partial charge in [0.1, 0.15) is 18.2 Å². The van der Waals surface area contributed by atoms with E-state index in [4.69, 9.17) is 16.3 Å². The van der Waals surface area contributed by atoms with Crippen LogP contribution in [0.1, 0.15) is 51.4 Å². The number of ether oxygens (including phenoxy) is 1. The molecule has 0 aromatic heterocycles. The first-order chi connectivity index (χ1) is 11.0. The Bertz CT molecular complexity index is 766. The molecule has 0 spiro atoms. The first kappa shape index (κ1) is 16.0. The molecule has 0 unspecified atom stereocenters. The fourth-order valence-corrected chi connectivity index (χ4v) is 3.02. The summed E-state index contributed by atoms with van der Waals surface area (Å²) >= 11 is 5.71. The molecule has 0 heterocycles. The molecule has 0 atom stereocenters. The number of hydrogen-bond acceptors (Lipinski definition) is 2. The normalized spacial score (nSPS) is 13.9. The van der Waals surface area contributed by atoms with Crippen LogP contribution in [0.2, 0.25) is 0 Å². The smallest absolute Gasteiger partial charge is 0.252 e. The van der Waals surface area contributed by atoms with Gasteiger partial charge < -0.3 is 4.74 Å². The van der Waals surface area contributed by atoms with E-state index in [1.807, 2.05) is 19.1 Å². The van der Waals surface area contributed by atoms with E-state index in [9.17, 15) is 9.18 Å². The summed E-state index contributed by atoms with van der Waals surface area (Å²) in [6.07, 6.45) is 2.23. The van der Waals surface area contributed by atoms with Crippen LogP contribution in [0.15, 0.2) is 30.3 Å². The van der Waals surface area contributed by atoms with Crippen LogP contribution in [0, 0.1) is 19.7 Å². The van der Waals surface area contributed by atoms with Gasteiger partial charge in [-0.25, -0.2) is 4.39 Å². The van der Waals surface area contributed by atoms with Crippen molar-refractivity contribution >= 4 is 16.8 Å². The van der Waals surface area contributed by atoms with E-state index in [-0.39, 0.29) is 12.4 Å². The molecule has 0 saturated heterocycles. The molecular formula is C19H18ClFO2. The van der Waals surface area contributed by atoms with E-state index < -0.39 is 5.24 Å². The van der Waals surface area contributed by atoms with Crippen molar-refractivity contribution in [3.63, 3.8) is 0 Å². The van der Waals surface area contributed by atoms with Gasteiger partial charge in [0.05, 0.1) is 0 Å². The van der Waals surface area contributed by atoms with Crippen LogP contribution in [0.4, 0.5) is 4.39 Å². The SMILES string of the molecule is Cc1cc(C)c(OCc2c(C(=O)Cl)cccc2C2CC2)cc1F. The first-order valence-corrected chi connectivity index (χ1v) is 8.06. The summed E-state index contributed by atoms with van der Waals surface area (Å²) in [6, 6.07) is 8.73. The van der Waals surface area contributed by atoms with E-state index in [0.29, 0.717) is 22.8 Å². The Labute approximate surface area is 140 Å². The van der Waals surface area contributed by atoms with Gasteiger partial charge in [-0.2, -0.15) is 0 Å². The van der Waals surface area contributed by atoms with Gasteiger partial charge in [0.2, 0.25) is 0 Å². The third-order valence-corrected chi connectivity index (χ3v) is 4.47. The standard InChI is InChI=1S/C19H18ClFO2/c1-11-8-12(2)18(9-17(11)21)23-10-16-14(13-6-7-13)4-3-5-15(16)19(20)22/h3-5,8-9,13H,6-7,10H2,1-2H3. The molecule has 0 radical (unpaired) electrons. The topological polar surface area (TPSA) is 26.3 Å². The Hall–Kier alpha value is -1.87. The maximum Gasteiger partial charge on any atom is 0.252 e. The number of carbonyl (C=O) groups is 1. The number of carbonyl (C=O) groups excluding carboxylic acids is 1. The fraction of sp³-hybridized carbons (Fsp3) is 0.316. The average Bonchev–Trinajstić information content (AvgIpc) is 3.34. The van der Waals surface area contributed by atoms with Crippen molar-refractivity contribution in [3.8, 4) is 5.75 Å². The number of hydrogen-bond donors (Lipinski definition) is 0.